The van der Waals surface area contributed by atoms with Crippen LogP contribution in [-0.4, -0.2) is 37.9 Å². The molecule has 1 aliphatic heterocycles. The monoisotopic (exact) mass is 379 g/mol. The fraction of sp³-hybridized carbons (Fsp3) is 0.300. The van der Waals surface area contributed by atoms with Gasteiger partial charge in [-0.25, -0.2) is 0 Å². The Balaban J connectivity index is 1.56. The van der Waals surface area contributed by atoms with Gasteiger partial charge in [-0.1, -0.05) is 48.2 Å². The summed E-state index contributed by atoms with van der Waals surface area (Å²) < 4.78 is 1.70. The van der Waals surface area contributed by atoms with Crippen LogP contribution < -0.4 is 4.90 Å². The highest BCUT2D eigenvalue weighted by molar-refractivity contribution is 8.00. The maximum Gasteiger partial charge on any atom is 0.240 e. The van der Waals surface area contributed by atoms with Gasteiger partial charge in [-0.15, -0.1) is 5.10 Å². The molecule has 138 valence electrons. The van der Waals surface area contributed by atoms with Gasteiger partial charge in [-0.05, 0) is 60.4 Å². The highest BCUT2D eigenvalue weighted by atomic mass is 32.2. The Kier molecular flexibility index (Phi) is 4.94. The first kappa shape index (κ1) is 17.7. The van der Waals surface area contributed by atoms with E-state index in [-0.39, 0.29) is 11.2 Å². The molecule has 3 aromatic rings. The molecule has 0 saturated carbocycles. The van der Waals surface area contributed by atoms with Crippen LogP contribution in [-0.2, 0) is 11.2 Å². The van der Waals surface area contributed by atoms with E-state index in [2.05, 4.69) is 21.6 Å². The standard InChI is InChI=1S/C20H21N5OS/c1-14-8-3-5-11-17(14)25-20(21-22-23-25)27-15(2)19(26)24-13-7-10-16-9-4-6-12-18(16)24/h3-6,8-9,11-12,15H,7,10,13H2,1-2H3. The van der Waals surface area contributed by atoms with Crippen molar-refractivity contribution in [2.75, 3.05) is 11.4 Å². The molecule has 0 fully saturated rings. The number of carbonyl (C=O) groups excluding carboxylic acids is 1. The molecule has 4 rings (SSSR count). The third kappa shape index (κ3) is 3.47. The fourth-order valence-corrected chi connectivity index (χ4v) is 4.26. The van der Waals surface area contributed by atoms with E-state index in [4.69, 9.17) is 0 Å². The second-order valence-corrected chi connectivity index (χ2v) is 7.95. The van der Waals surface area contributed by atoms with Gasteiger partial charge in [-0.2, -0.15) is 4.68 Å². The van der Waals surface area contributed by atoms with Crippen LogP contribution in [0.3, 0.4) is 0 Å². The minimum Gasteiger partial charge on any atom is -0.311 e. The average molecular weight is 379 g/mol. The summed E-state index contributed by atoms with van der Waals surface area (Å²) in [5.41, 5.74) is 4.27. The SMILES string of the molecule is Cc1ccccc1-n1nnnc1SC(C)C(=O)N1CCCc2ccccc21. The van der Waals surface area contributed by atoms with E-state index in [0.29, 0.717) is 5.16 Å². The highest BCUT2D eigenvalue weighted by Gasteiger charge is 2.28. The van der Waals surface area contributed by atoms with Crippen LogP contribution in [0, 0.1) is 6.92 Å². The van der Waals surface area contributed by atoms with Gasteiger partial charge in [0.15, 0.2) is 0 Å². The summed E-state index contributed by atoms with van der Waals surface area (Å²) in [6.45, 7) is 4.69. The van der Waals surface area contributed by atoms with Crippen LogP contribution in [0.4, 0.5) is 5.69 Å². The van der Waals surface area contributed by atoms with Crippen molar-refractivity contribution in [3.05, 3.63) is 59.7 Å². The molecule has 27 heavy (non-hydrogen) atoms. The number of hydrogen-bond acceptors (Lipinski definition) is 5. The zero-order valence-electron chi connectivity index (χ0n) is 15.4. The molecule has 1 aliphatic rings. The van der Waals surface area contributed by atoms with Crippen molar-refractivity contribution >= 4 is 23.4 Å². The number of carbonyl (C=O) groups is 1. The molecular weight excluding hydrogens is 358 g/mol. The summed E-state index contributed by atoms with van der Waals surface area (Å²) in [5, 5.41) is 12.4. The van der Waals surface area contributed by atoms with Crippen molar-refractivity contribution in [2.45, 2.75) is 37.1 Å². The normalized spacial score (nSPS) is 14.7. The fourth-order valence-electron chi connectivity index (χ4n) is 3.40. The maximum atomic E-state index is 13.1. The van der Waals surface area contributed by atoms with Crippen molar-refractivity contribution < 1.29 is 4.79 Å². The molecule has 6 nitrogen and oxygen atoms in total. The molecule has 1 atom stereocenters. The Hall–Kier alpha value is -2.67. The number of thioether (sulfide) groups is 1. The number of aromatic nitrogens is 4. The molecule has 0 spiro atoms. The molecule has 0 aliphatic carbocycles. The maximum absolute atomic E-state index is 13.1. The van der Waals surface area contributed by atoms with Crippen molar-refractivity contribution in [1.82, 2.24) is 20.2 Å². The van der Waals surface area contributed by atoms with Crippen LogP contribution in [0.1, 0.15) is 24.5 Å². The molecule has 0 bridgehead atoms. The number of amides is 1. The van der Waals surface area contributed by atoms with E-state index in [1.54, 1.807) is 4.68 Å². The lowest BCUT2D eigenvalue weighted by Crippen LogP contribution is -2.40. The van der Waals surface area contributed by atoms with Gasteiger partial charge in [-0.3, -0.25) is 4.79 Å². The van der Waals surface area contributed by atoms with E-state index >= 15 is 0 Å². The first-order valence-corrected chi connectivity index (χ1v) is 9.93. The third-order valence-corrected chi connectivity index (χ3v) is 5.81. The van der Waals surface area contributed by atoms with Crippen molar-refractivity contribution in [3.63, 3.8) is 0 Å². The lowest BCUT2D eigenvalue weighted by atomic mass is 10.0. The van der Waals surface area contributed by atoms with Crippen molar-refractivity contribution in [1.29, 1.82) is 0 Å². The Morgan fingerprint density at radius 2 is 1.85 bits per heavy atom. The summed E-state index contributed by atoms with van der Waals surface area (Å²) in [5.74, 6) is 0.0893. The van der Waals surface area contributed by atoms with E-state index in [1.165, 1.54) is 17.3 Å². The Morgan fingerprint density at radius 1 is 1.11 bits per heavy atom. The lowest BCUT2D eigenvalue weighted by Gasteiger charge is -2.31. The first-order chi connectivity index (χ1) is 13.1. The summed E-state index contributed by atoms with van der Waals surface area (Å²) in [4.78, 5) is 15.0. The number of anilines is 1. The van der Waals surface area contributed by atoms with E-state index in [0.717, 1.165) is 36.3 Å². The predicted octanol–water partition coefficient (Wildman–Crippen LogP) is 3.43. The van der Waals surface area contributed by atoms with Crippen LogP contribution in [0.25, 0.3) is 5.69 Å². The second-order valence-electron chi connectivity index (χ2n) is 6.64. The van der Waals surface area contributed by atoms with Crippen LogP contribution >= 0.6 is 11.8 Å². The molecule has 2 aromatic carbocycles. The molecule has 1 amide bonds. The third-order valence-electron chi connectivity index (χ3n) is 4.79. The number of tetrazole rings is 1. The number of nitrogens with zero attached hydrogens (tertiary/aromatic N) is 5. The largest absolute Gasteiger partial charge is 0.311 e. The summed E-state index contributed by atoms with van der Waals surface area (Å²) in [7, 11) is 0. The molecule has 1 unspecified atom stereocenters. The van der Waals surface area contributed by atoms with Crippen LogP contribution in [0.15, 0.2) is 53.7 Å². The van der Waals surface area contributed by atoms with Gasteiger partial charge in [0.25, 0.3) is 0 Å². The molecular formula is C20H21N5OS. The van der Waals surface area contributed by atoms with Crippen molar-refractivity contribution in [2.24, 2.45) is 0 Å². The zero-order valence-corrected chi connectivity index (χ0v) is 16.2. The number of hydrogen-bond donors (Lipinski definition) is 0. The molecule has 7 heteroatoms. The van der Waals surface area contributed by atoms with E-state index in [1.807, 2.05) is 61.2 Å². The van der Waals surface area contributed by atoms with E-state index < -0.39 is 0 Å². The van der Waals surface area contributed by atoms with Crippen molar-refractivity contribution in [3.8, 4) is 5.69 Å². The lowest BCUT2D eigenvalue weighted by molar-refractivity contribution is -0.117. The predicted molar refractivity (Wildman–Crippen MR) is 106 cm³/mol. The van der Waals surface area contributed by atoms with Gasteiger partial charge in [0, 0.05) is 12.2 Å². The first-order valence-electron chi connectivity index (χ1n) is 9.05. The molecule has 0 saturated heterocycles. The summed E-state index contributed by atoms with van der Waals surface area (Å²) in [6.07, 6.45) is 2.01. The Morgan fingerprint density at radius 3 is 2.67 bits per heavy atom. The minimum atomic E-state index is -0.287. The number of benzene rings is 2. The van der Waals surface area contributed by atoms with Gasteiger partial charge in [0.1, 0.15) is 0 Å². The topological polar surface area (TPSA) is 63.9 Å². The molecule has 0 radical (unpaired) electrons. The Bertz CT molecular complexity index is 970. The molecule has 2 heterocycles. The number of rotatable bonds is 4. The van der Waals surface area contributed by atoms with E-state index in [9.17, 15) is 4.79 Å². The zero-order chi connectivity index (χ0) is 18.8. The Labute approximate surface area is 162 Å². The summed E-state index contributed by atoms with van der Waals surface area (Å²) in [6, 6.07) is 16.1. The minimum absolute atomic E-state index is 0.0893. The van der Waals surface area contributed by atoms with Crippen LogP contribution in [0.5, 0.6) is 0 Å². The second kappa shape index (κ2) is 7.52. The summed E-state index contributed by atoms with van der Waals surface area (Å²) >= 11 is 1.39. The van der Waals surface area contributed by atoms with Gasteiger partial charge in [0.05, 0.1) is 10.9 Å². The molecule has 1 aromatic heterocycles. The number of aryl methyl sites for hydroxylation is 2. The number of para-hydroxylation sites is 2. The van der Waals surface area contributed by atoms with Crippen LogP contribution in [0.2, 0.25) is 0 Å². The smallest absolute Gasteiger partial charge is 0.240 e. The highest BCUT2D eigenvalue weighted by Crippen LogP contribution is 2.31. The van der Waals surface area contributed by atoms with Gasteiger partial charge < -0.3 is 4.90 Å². The van der Waals surface area contributed by atoms with Gasteiger partial charge in [0.2, 0.25) is 11.1 Å². The quantitative estimate of drug-likeness (QED) is 0.650. The average Bonchev–Trinajstić information content (AvgIpc) is 3.15. The number of fused-ring (bicyclic) bond motifs is 1. The molecule has 0 N–H and O–H groups in total. The van der Waals surface area contributed by atoms with Gasteiger partial charge >= 0.3 is 0 Å².